The highest BCUT2D eigenvalue weighted by atomic mass is 32.1. The Hall–Kier alpha value is -0.680. The van der Waals surface area contributed by atoms with Crippen LogP contribution < -0.4 is 11.1 Å². The lowest BCUT2D eigenvalue weighted by molar-refractivity contribution is -0.127. The van der Waals surface area contributed by atoms with E-state index in [0.29, 0.717) is 13.0 Å². The number of hydrogen-bond donors (Lipinski definition) is 2. The third kappa shape index (κ3) is 4.06. The van der Waals surface area contributed by atoms with E-state index in [0.717, 1.165) is 13.1 Å². The average Bonchev–Trinajstić information content (AvgIpc) is 2.26. The Morgan fingerprint density at radius 1 is 1.50 bits per heavy atom. The summed E-state index contributed by atoms with van der Waals surface area (Å²) in [5.41, 5.74) is 4.88. The minimum atomic E-state index is -0.722. The summed E-state index contributed by atoms with van der Waals surface area (Å²) in [6, 6.07) is 0. The fourth-order valence-electron chi connectivity index (χ4n) is 1.16. The second kappa shape index (κ2) is 6.81. The number of amides is 1. The highest BCUT2D eigenvalue weighted by molar-refractivity contribution is 7.80. The molecule has 1 amide bonds. The predicted molar refractivity (Wildman–Crippen MR) is 71.4 cm³/mol. The first-order valence-electron chi connectivity index (χ1n) is 5.65. The number of hydrogen-bond acceptors (Lipinski definition) is 3. The van der Waals surface area contributed by atoms with Crippen LogP contribution in [0.4, 0.5) is 0 Å². The van der Waals surface area contributed by atoms with Crippen LogP contribution in [0.2, 0.25) is 0 Å². The molecule has 0 aromatic heterocycles. The van der Waals surface area contributed by atoms with Gasteiger partial charge in [-0.05, 0) is 26.9 Å². The zero-order valence-electron chi connectivity index (χ0n) is 10.7. The van der Waals surface area contributed by atoms with Gasteiger partial charge >= 0.3 is 0 Å². The molecular formula is C11H23N3OS. The molecule has 94 valence electrons. The number of rotatable bonds is 7. The van der Waals surface area contributed by atoms with Gasteiger partial charge in [0.2, 0.25) is 5.91 Å². The summed E-state index contributed by atoms with van der Waals surface area (Å²) in [4.78, 5) is 14.3. The third-order valence-corrected chi connectivity index (χ3v) is 3.52. The Labute approximate surface area is 104 Å². The smallest absolute Gasteiger partial charge is 0.232 e. The summed E-state index contributed by atoms with van der Waals surface area (Å²) in [7, 11) is 2.01. The molecule has 0 rings (SSSR count). The largest absolute Gasteiger partial charge is 0.392 e. The molecule has 1 unspecified atom stereocenters. The minimum Gasteiger partial charge on any atom is -0.392 e. The van der Waals surface area contributed by atoms with Gasteiger partial charge in [-0.1, -0.05) is 26.1 Å². The molecule has 0 bridgehead atoms. The van der Waals surface area contributed by atoms with E-state index in [4.69, 9.17) is 18.0 Å². The summed E-state index contributed by atoms with van der Waals surface area (Å²) in [5.74, 6) is -0.0768. The van der Waals surface area contributed by atoms with Crippen LogP contribution in [0.15, 0.2) is 0 Å². The maximum atomic E-state index is 11.9. The topological polar surface area (TPSA) is 58.4 Å². The molecular weight excluding hydrogens is 222 g/mol. The molecule has 1 atom stereocenters. The van der Waals surface area contributed by atoms with Gasteiger partial charge in [0.25, 0.3) is 0 Å². The van der Waals surface area contributed by atoms with Gasteiger partial charge in [-0.25, -0.2) is 0 Å². The maximum Gasteiger partial charge on any atom is 0.232 e. The molecule has 0 spiro atoms. The fourth-order valence-corrected chi connectivity index (χ4v) is 1.40. The number of nitrogens with zero attached hydrogens (tertiary/aromatic N) is 1. The zero-order chi connectivity index (χ0) is 12.8. The summed E-state index contributed by atoms with van der Waals surface area (Å²) < 4.78 is 0. The van der Waals surface area contributed by atoms with Crippen molar-refractivity contribution in [2.45, 2.75) is 27.2 Å². The van der Waals surface area contributed by atoms with Crippen molar-refractivity contribution < 1.29 is 4.79 Å². The number of nitrogens with one attached hydrogen (secondary N) is 1. The highest BCUT2D eigenvalue weighted by Crippen LogP contribution is 2.21. The van der Waals surface area contributed by atoms with E-state index in [1.165, 1.54) is 0 Å². The first-order valence-corrected chi connectivity index (χ1v) is 6.06. The molecule has 0 aromatic rings. The standard InChI is InChI=1S/C11H23N3OS/c1-5-11(3,9(12)16)10(15)13-7-8-14(4)6-2/h5-8H2,1-4H3,(H2,12,16)(H,13,15). The van der Waals surface area contributed by atoms with E-state index >= 15 is 0 Å². The Kier molecular flexibility index (Phi) is 6.52. The van der Waals surface area contributed by atoms with Crippen molar-refractivity contribution in [2.24, 2.45) is 11.1 Å². The van der Waals surface area contributed by atoms with E-state index in [2.05, 4.69) is 17.1 Å². The molecule has 4 nitrogen and oxygen atoms in total. The van der Waals surface area contributed by atoms with Gasteiger partial charge in [0.05, 0.1) is 10.4 Å². The number of carbonyl (C=O) groups is 1. The number of likely N-dealkylation sites (N-methyl/N-ethyl adjacent to an activating group) is 1. The van der Waals surface area contributed by atoms with Gasteiger partial charge in [0, 0.05) is 13.1 Å². The van der Waals surface area contributed by atoms with Crippen molar-refractivity contribution >= 4 is 23.1 Å². The molecule has 5 heteroatoms. The molecule has 0 radical (unpaired) electrons. The van der Waals surface area contributed by atoms with Crippen molar-refractivity contribution in [3.63, 3.8) is 0 Å². The summed E-state index contributed by atoms with van der Waals surface area (Å²) in [6.07, 6.45) is 0.623. The van der Waals surface area contributed by atoms with Crippen LogP contribution in [0.3, 0.4) is 0 Å². The quantitative estimate of drug-likeness (QED) is 0.650. The second-order valence-corrected chi connectivity index (χ2v) is 4.64. The minimum absolute atomic E-state index is 0.0768. The molecule has 16 heavy (non-hydrogen) atoms. The Bertz CT molecular complexity index is 258. The van der Waals surface area contributed by atoms with E-state index in [9.17, 15) is 4.79 Å². The lowest BCUT2D eigenvalue weighted by Crippen LogP contribution is -2.48. The first kappa shape index (κ1) is 15.3. The molecule has 0 aliphatic carbocycles. The second-order valence-electron chi connectivity index (χ2n) is 4.20. The van der Waals surface area contributed by atoms with Gasteiger partial charge in [0.1, 0.15) is 0 Å². The van der Waals surface area contributed by atoms with Gasteiger partial charge in [0.15, 0.2) is 0 Å². The molecule has 0 aliphatic heterocycles. The fraction of sp³-hybridized carbons (Fsp3) is 0.818. The van der Waals surface area contributed by atoms with Crippen LogP contribution in [0, 0.1) is 5.41 Å². The summed E-state index contributed by atoms with van der Waals surface area (Å²) in [5, 5.41) is 2.87. The van der Waals surface area contributed by atoms with E-state index in [1.807, 2.05) is 14.0 Å². The van der Waals surface area contributed by atoms with Crippen LogP contribution in [-0.4, -0.2) is 42.5 Å². The van der Waals surface area contributed by atoms with E-state index in [-0.39, 0.29) is 10.9 Å². The number of carbonyl (C=O) groups excluding carboxylic acids is 1. The van der Waals surface area contributed by atoms with Crippen molar-refractivity contribution in [3.8, 4) is 0 Å². The lowest BCUT2D eigenvalue weighted by Gasteiger charge is -2.26. The van der Waals surface area contributed by atoms with Crippen LogP contribution >= 0.6 is 12.2 Å². The van der Waals surface area contributed by atoms with Gasteiger partial charge < -0.3 is 16.0 Å². The van der Waals surface area contributed by atoms with Gasteiger partial charge in [-0.15, -0.1) is 0 Å². The van der Waals surface area contributed by atoms with Gasteiger partial charge in [-0.2, -0.15) is 0 Å². The Morgan fingerprint density at radius 2 is 2.06 bits per heavy atom. The Balaban J connectivity index is 4.19. The van der Waals surface area contributed by atoms with Gasteiger partial charge in [-0.3, -0.25) is 4.79 Å². The molecule has 0 saturated heterocycles. The van der Waals surface area contributed by atoms with Crippen molar-refractivity contribution in [1.82, 2.24) is 10.2 Å². The molecule has 0 fully saturated rings. The molecule has 0 aliphatic rings. The average molecular weight is 245 g/mol. The van der Waals surface area contributed by atoms with Crippen molar-refractivity contribution in [2.75, 3.05) is 26.7 Å². The normalized spacial score (nSPS) is 14.6. The monoisotopic (exact) mass is 245 g/mol. The van der Waals surface area contributed by atoms with E-state index in [1.54, 1.807) is 6.92 Å². The number of nitrogens with two attached hydrogens (primary N) is 1. The van der Waals surface area contributed by atoms with Crippen molar-refractivity contribution in [3.05, 3.63) is 0 Å². The predicted octanol–water partition coefficient (Wildman–Crippen LogP) is 0.757. The number of thiocarbonyl (C=S) groups is 1. The van der Waals surface area contributed by atoms with E-state index < -0.39 is 5.41 Å². The molecule has 0 heterocycles. The summed E-state index contributed by atoms with van der Waals surface area (Å²) >= 11 is 4.94. The molecule has 3 N–H and O–H groups in total. The molecule has 0 saturated carbocycles. The Morgan fingerprint density at radius 3 is 2.44 bits per heavy atom. The zero-order valence-corrected chi connectivity index (χ0v) is 11.5. The van der Waals surface area contributed by atoms with Crippen molar-refractivity contribution in [1.29, 1.82) is 0 Å². The summed E-state index contributed by atoms with van der Waals surface area (Å²) in [6.45, 7) is 8.20. The maximum absolute atomic E-state index is 11.9. The molecule has 0 aromatic carbocycles. The van der Waals surface area contributed by atoms with Crippen LogP contribution in [0.5, 0.6) is 0 Å². The van der Waals surface area contributed by atoms with Crippen LogP contribution in [0.1, 0.15) is 27.2 Å². The van der Waals surface area contributed by atoms with Crippen LogP contribution in [-0.2, 0) is 4.79 Å². The highest BCUT2D eigenvalue weighted by Gasteiger charge is 2.34. The SMILES string of the molecule is CCN(C)CCNC(=O)C(C)(CC)C(N)=S. The first-order chi connectivity index (χ1) is 7.38. The lowest BCUT2D eigenvalue weighted by atomic mass is 9.86. The van der Waals surface area contributed by atoms with Crippen LogP contribution in [0.25, 0.3) is 0 Å². The third-order valence-electron chi connectivity index (χ3n) is 3.07.